The maximum absolute atomic E-state index is 14.2. The Morgan fingerprint density at radius 2 is 1.60 bits per heavy atom. The van der Waals surface area contributed by atoms with E-state index in [1.807, 2.05) is 47.0 Å². The molecule has 4 aromatic rings. The lowest BCUT2D eigenvalue weighted by molar-refractivity contribution is -0.137. The van der Waals surface area contributed by atoms with Crippen LogP contribution in [0.3, 0.4) is 0 Å². The number of carboxylic acids is 1. The van der Waals surface area contributed by atoms with E-state index in [1.54, 1.807) is 0 Å². The molecular formula is C40H51N3O4. The zero-order valence-corrected chi connectivity index (χ0v) is 27.9. The van der Waals surface area contributed by atoms with Gasteiger partial charge in [0, 0.05) is 25.9 Å². The number of aromatic amines is 1. The van der Waals surface area contributed by atoms with E-state index in [1.165, 1.54) is 5.56 Å². The van der Waals surface area contributed by atoms with E-state index in [-0.39, 0.29) is 30.0 Å². The maximum atomic E-state index is 14.2. The molecule has 0 spiro atoms. The van der Waals surface area contributed by atoms with E-state index in [2.05, 4.69) is 59.3 Å². The van der Waals surface area contributed by atoms with E-state index in [9.17, 15) is 19.5 Å². The van der Waals surface area contributed by atoms with E-state index in [4.69, 9.17) is 0 Å². The number of para-hydroxylation sites is 2. The second kappa shape index (κ2) is 17.1. The number of nitrogens with zero attached hydrogens (tertiary/aromatic N) is 2. The lowest BCUT2D eigenvalue weighted by Crippen LogP contribution is -2.39. The van der Waals surface area contributed by atoms with Crippen molar-refractivity contribution in [2.24, 2.45) is 11.8 Å². The fraction of sp³-hybridized carbons (Fsp3) is 0.475. The molecule has 0 saturated carbocycles. The SMILES string of the molecule is CC1CN(C(CCCC(=O)O)c2ccccc2)C(=O)CCC(CCCCCn2c(=O)[nH]c3ccccc32)CCCC1c1ccccc1. The summed E-state index contributed by atoms with van der Waals surface area (Å²) in [5.74, 6) is 0.461. The number of fused-ring (bicyclic) bond motifs is 1. The molecule has 0 radical (unpaired) electrons. The lowest BCUT2D eigenvalue weighted by atomic mass is 9.81. The van der Waals surface area contributed by atoms with Crippen LogP contribution in [0.4, 0.5) is 0 Å². The molecule has 2 heterocycles. The largest absolute Gasteiger partial charge is 0.481 e. The number of aryl methyl sites for hydroxylation is 1. The number of amides is 1. The van der Waals surface area contributed by atoms with Gasteiger partial charge < -0.3 is 15.0 Å². The van der Waals surface area contributed by atoms with Gasteiger partial charge in [0.1, 0.15) is 0 Å². The molecule has 1 aliphatic heterocycles. The van der Waals surface area contributed by atoms with Crippen molar-refractivity contribution >= 4 is 22.9 Å². The van der Waals surface area contributed by atoms with Crippen molar-refractivity contribution in [3.05, 3.63) is 107 Å². The Balaban J connectivity index is 1.29. The molecule has 7 nitrogen and oxygen atoms in total. The van der Waals surface area contributed by atoms with E-state index >= 15 is 0 Å². The molecule has 4 atom stereocenters. The van der Waals surface area contributed by atoms with Crippen molar-refractivity contribution in [3.8, 4) is 0 Å². The van der Waals surface area contributed by atoms with Crippen LogP contribution >= 0.6 is 0 Å². The first-order valence-electron chi connectivity index (χ1n) is 17.7. The number of hydrogen-bond donors (Lipinski definition) is 2. The van der Waals surface area contributed by atoms with Gasteiger partial charge in [-0.2, -0.15) is 0 Å². The first-order chi connectivity index (χ1) is 22.9. The van der Waals surface area contributed by atoms with E-state index in [0.717, 1.165) is 68.0 Å². The lowest BCUT2D eigenvalue weighted by Gasteiger charge is -2.37. The van der Waals surface area contributed by atoms with Gasteiger partial charge in [0.25, 0.3) is 0 Å². The van der Waals surface area contributed by atoms with Crippen molar-refractivity contribution in [1.29, 1.82) is 0 Å². The molecule has 1 saturated heterocycles. The Morgan fingerprint density at radius 3 is 2.36 bits per heavy atom. The summed E-state index contributed by atoms with van der Waals surface area (Å²) in [6.07, 6.45) is 10.2. The van der Waals surface area contributed by atoms with Gasteiger partial charge in [0.05, 0.1) is 17.1 Å². The number of benzene rings is 3. The first-order valence-corrected chi connectivity index (χ1v) is 17.7. The Kier molecular flexibility index (Phi) is 12.5. The number of carbonyl (C=O) groups excluding carboxylic acids is 1. The summed E-state index contributed by atoms with van der Waals surface area (Å²) in [6, 6.07) is 28.6. The second-order valence-electron chi connectivity index (χ2n) is 13.5. The Bertz CT molecular complexity index is 1610. The molecule has 0 aliphatic carbocycles. The molecule has 47 heavy (non-hydrogen) atoms. The van der Waals surface area contributed by atoms with Crippen LogP contribution in [0, 0.1) is 11.8 Å². The summed E-state index contributed by atoms with van der Waals surface area (Å²) < 4.78 is 1.85. The van der Waals surface area contributed by atoms with E-state index < -0.39 is 5.97 Å². The highest BCUT2D eigenvalue weighted by Gasteiger charge is 2.31. The number of nitrogens with one attached hydrogen (secondary N) is 1. The molecule has 0 bridgehead atoms. The normalized spacial score (nSPS) is 20.1. The molecule has 1 aromatic heterocycles. The maximum Gasteiger partial charge on any atom is 0.326 e. The average Bonchev–Trinajstić information content (AvgIpc) is 3.39. The smallest absolute Gasteiger partial charge is 0.326 e. The van der Waals surface area contributed by atoms with Crippen molar-refractivity contribution < 1.29 is 14.7 Å². The van der Waals surface area contributed by atoms with Crippen LogP contribution in [-0.4, -0.2) is 38.0 Å². The zero-order chi connectivity index (χ0) is 33.0. The third kappa shape index (κ3) is 9.46. The molecule has 7 heteroatoms. The first kappa shape index (κ1) is 34.2. The molecule has 250 valence electrons. The molecule has 1 amide bonds. The number of H-pyrrole nitrogens is 1. The van der Waals surface area contributed by atoms with Crippen LogP contribution in [-0.2, 0) is 16.1 Å². The van der Waals surface area contributed by atoms with Crippen molar-refractivity contribution in [2.75, 3.05) is 6.54 Å². The molecule has 5 rings (SSSR count). The number of hydrogen-bond acceptors (Lipinski definition) is 3. The van der Waals surface area contributed by atoms with Gasteiger partial charge in [-0.1, -0.05) is 112 Å². The topological polar surface area (TPSA) is 95.4 Å². The summed E-state index contributed by atoms with van der Waals surface area (Å²) in [5.41, 5.74) is 4.21. The number of imidazole rings is 1. The fourth-order valence-corrected chi connectivity index (χ4v) is 7.68. The molecule has 4 unspecified atom stereocenters. The highest BCUT2D eigenvalue weighted by atomic mass is 16.4. The highest BCUT2D eigenvalue weighted by molar-refractivity contribution is 5.77. The number of aliphatic carboxylic acids is 1. The molecule has 1 fully saturated rings. The predicted molar refractivity (Wildman–Crippen MR) is 188 cm³/mol. The van der Waals surface area contributed by atoms with Crippen molar-refractivity contribution in [3.63, 3.8) is 0 Å². The highest BCUT2D eigenvalue weighted by Crippen LogP contribution is 2.37. The number of rotatable bonds is 13. The van der Waals surface area contributed by atoms with Crippen LogP contribution in [0.5, 0.6) is 0 Å². The van der Waals surface area contributed by atoms with Gasteiger partial charge in [0.15, 0.2) is 0 Å². The van der Waals surface area contributed by atoms with Gasteiger partial charge in [-0.15, -0.1) is 0 Å². The summed E-state index contributed by atoms with van der Waals surface area (Å²) >= 11 is 0. The number of carboxylic acid groups (broad SMARTS) is 1. The van der Waals surface area contributed by atoms with Gasteiger partial charge in [-0.05, 0) is 73.1 Å². The molecule has 2 N–H and O–H groups in total. The van der Waals surface area contributed by atoms with Crippen LogP contribution < -0.4 is 5.69 Å². The van der Waals surface area contributed by atoms with Crippen molar-refractivity contribution in [2.45, 2.75) is 102 Å². The Labute approximate surface area is 279 Å². The molecular weight excluding hydrogens is 586 g/mol. The minimum absolute atomic E-state index is 0.0448. The van der Waals surface area contributed by atoms with Crippen LogP contribution in [0.1, 0.15) is 107 Å². The fourth-order valence-electron chi connectivity index (χ4n) is 7.68. The summed E-state index contributed by atoms with van der Waals surface area (Å²) in [7, 11) is 0. The second-order valence-corrected chi connectivity index (χ2v) is 13.5. The number of aromatic nitrogens is 2. The number of carbonyl (C=O) groups is 2. The number of unbranched alkanes of at least 4 members (excludes halogenated alkanes) is 2. The third-order valence-electron chi connectivity index (χ3n) is 10.2. The minimum atomic E-state index is -0.797. The van der Waals surface area contributed by atoms with Gasteiger partial charge >= 0.3 is 11.7 Å². The van der Waals surface area contributed by atoms with Crippen LogP contribution in [0.2, 0.25) is 0 Å². The van der Waals surface area contributed by atoms with Gasteiger partial charge in [-0.3, -0.25) is 14.2 Å². The zero-order valence-electron chi connectivity index (χ0n) is 27.9. The Morgan fingerprint density at radius 1 is 0.872 bits per heavy atom. The minimum Gasteiger partial charge on any atom is -0.481 e. The monoisotopic (exact) mass is 637 g/mol. The third-order valence-corrected chi connectivity index (χ3v) is 10.2. The summed E-state index contributed by atoms with van der Waals surface area (Å²) in [4.78, 5) is 43.2. The van der Waals surface area contributed by atoms with Crippen LogP contribution in [0.15, 0.2) is 89.7 Å². The van der Waals surface area contributed by atoms with Gasteiger partial charge in [-0.25, -0.2) is 4.79 Å². The van der Waals surface area contributed by atoms with Crippen molar-refractivity contribution in [1.82, 2.24) is 14.5 Å². The predicted octanol–water partition coefficient (Wildman–Crippen LogP) is 8.72. The molecule has 1 aliphatic rings. The average molecular weight is 638 g/mol. The Hall–Kier alpha value is -4.13. The quantitative estimate of drug-likeness (QED) is 0.143. The van der Waals surface area contributed by atoms with Crippen LogP contribution in [0.25, 0.3) is 11.0 Å². The standard InChI is InChI=1S/C40H51N3O4/c1-30-29-43(36(24-14-25-39(45)46)33-19-8-3-9-20-33)38(44)27-26-31(16-13-21-34(30)32-17-6-2-7-18-32)15-5-4-12-28-42-37-23-11-10-22-35(37)41-40(42)47/h2-3,6-11,17-20,22-23,30-31,34,36H,4-5,12-16,21,24-29H2,1H3,(H,41,47)(H,45,46). The summed E-state index contributed by atoms with van der Waals surface area (Å²) in [6.45, 7) is 3.65. The van der Waals surface area contributed by atoms with E-state index in [0.29, 0.717) is 44.2 Å². The van der Waals surface area contributed by atoms with Gasteiger partial charge in [0.2, 0.25) is 5.91 Å². The molecule has 3 aromatic carbocycles. The summed E-state index contributed by atoms with van der Waals surface area (Å²) in [5, 5.41) is 9.38.